The minimum Gasteiger partial charge on any atom is -0.452 e. The average Bonchev–Trinajstić information content (AvgIpc) is 2.72. The van der Waals surface area contributed by atoms with Gasteiger partial charge in [-0.25, -0.2) is 4.79 Å². The van der Waals surface area contributed by atoms with Gasteiger partial charge in [-0.1, -0.05) is 42.5 Å². The second kappa shape index (κ2) is 7.83. The van der Waals surface area contributed by atoms with Crippen LogP contribution < -0.4 is 10.2 Å². The lowest BCUT2D eigenvalue weighted by Crippen LogP contribution is -2.17. The van der Waals surface area contributed by atoms with E-state index in [1.807, 2.05) is 62.4 Å². The minimum absolute atomic E-state index is 0.100. The van der Waals surface area contributed by atoms with Crippen molar-refractivity contribution in [1.29, 1.82) is 0 Å². The highest BCUT2D eigenvalue weighted by Gasteiger charge is 2.22. The number of rotatable bonds is 3. The van der Waals surface area contributed by atoms with Gasteiger partial charge < -0.3 is 9.15 Å². The van der Waals surface area contributed by atoms with Gasteiger partial charge in [0.05, 0.1) is 10.9 Å². The Kier molecular flexibility index (Phi) is 5.24. The van der Waals surface area contributed by atoms with Crippen molar-refractivity contribution in [2.75, 3.05) is 0 Å². The first-order chi connectivity index (χ1) is 14.0. The van der Waals surface area contributed by atoms with E-state index in [0.29, 0.717) is 22.1 Å². The SMILES string of the molecule is Cc1cc2oc(-c3ccccc3)c(OC(=O)c3ccccc3I)c(=O)c2cc1C. The normalized spacial score (nSPS) is 10.9. The second-order valence-electron chi connectivity index (χ2n) is 6.76. The van der Waals surface area contributed by atoms with Crippen molar-refractivity contribution in [3.63, 3.8) is 0 Å². The van der Waals surface area contributed by atoms with Crippen molar-refractivity contribution in [1.82, 2.24) is 0 Å². The highest BCUT2D eigenvalue weighted by molar-refractivity contribution is 14.1. The lowest BCUT2D eigenvalue weighted by Gasteiger charge is -2.12. The number of fused-ring (bicyclic) bond motifs is 1. The monoisotopic (exact) mass is 496 g/mol. The number of carbonyl (C=O) groups excluding carboxylic acids is 1. The number of esters is 1. The molecule has 0 bridgehead atoms. The van der Waals surface area contributed by atoms with E-state index in [0.717, 1.165) is 14.7 Å². The summed E-state index contributed by atoms with van der Waals surface area (Å²) in [5.74, 6) is -0.454. The zero-order valence-electron chi connectivity index (χ0n) is 15.9. The Bertz CT molecular complexity index is 1290. The molecule has 0 fully saturated rings. The molecule has 0 spiro atoms. The van der Waals surface area contributed by atoms with Gasteiger partial charge in [0, 0.05) is 9.13 Å². The summed E-state index contributed by atoms with van der Waals surface area (Å²) in [6, 6.07) is 19.9. The first kappa shape index (κ1) is 19.4. The Morgan fingerprint density at radius 3 is 2.31 bits per heavy atom. The fourth-order valence-electron chi connectivity index (χ4n) is 3.08. The van der Waals surface area contributed by atoms with Gasteiger partial charge in [0.15, 0.2) is 5.76 Å². The van der Waals surface area contributed by atoms with Crippen LogP contribution in [0.1, 0.15) is 21.5 Å². The fourth-order valence-corrected chi connectivity index (χ4v) is 3.69. The topological polar surface area (TPSA) is 56.5 Å². The smallest absolute Gasteiger partial charge is 0.344 e. The van der Waals surface area contributed by atoms with Crippen LogP contribution in [0.2, 0.25) is 0 Å². The Labute approximate surface area is 181 Å². The molecule has 0 atom stereocenters. The van der Waals surface area contributed by atoms with Crippen molar-refractivity contribution in [3.05, 3.63) is 97.2 Å². The van der Waals surface area contributed by atoms with Crippen LogP contribution in [-0.2, 0) is 0 Å². The molecular formula is C24H17IO4. The van der Waals surface area contributed by atoms with Gasteiger partial charge >= 0.3 is 5.97 Å². The number of carbonyl (C=O) groups is 1. The van der Waals surface area contributed by atoms with Gasteiger partial charge in [-0.15, -0.1) is 0 Å². The summed E-state index contributed by atoms with van der Waals surface area (Å²) in [5, 5.41) is 0.387. The van der Waals surface area contributed by atoms with E-state index in [-0.39, 0.29) is 16.9 Å². The predicted molar refractivity (Wildman–Crippen MR) is 122 cm³/mol. The zero-order chi connectivity index (χ0) is 20.5. The standard InChI is InChI=1S/C24H17IO4/c1-14-12-18-20(13-15(14)2)28-22(16-8-4-3-5-9-16)23(21(18)26)29-24(27)17-10-6-7-11-19(17)25/h3-13H,1-2H3. The Balaban J connectivity index is 1.94. The average molecular weight is 496 g/mol. The van der Waals surface area contributed by atoms with E-state index in [9.17, 15) is 9.59 Å². The molecule has 3 aromatic carbocycles. The molecule has 0 N–H and O–H groups in total. The van der Waals surface area contributed by atoms with Crippen LogP contribution in [0.15, 0.2) is 75.9 Å². The molecule has 0 amide bonds. The van der Waals surface area contributed by atoms with E-state index < -0.39 is 5.97 Å². The van der Waals surface area contributed by atoms with Gasteiger partial charge in [-0.2, -0.15) is 0 Å². The van der Waals surface area contributed by atoms with Crippen LogP contribution in [0.5, 0.6) is 5.75 Å². The van der Waals surface area contributed by atoms with Gasteiger partial charge in [0.2, 0.25) is 11.2 Å². The number of hydrogen-bond donors (Lipinski definition) is 0. The van der Waals surface area contributed by atoms with Gasteiger partial charge in [0.25, 0.3) is 0 Å². The molecule has 5 heteroatoms. The summed E-state index contributed by atoms with van der Waals surface area (Å²) in [5.41, 5.74) is 3.14. The van der Waals surface area contributed by atoms with E-state index in [1.165, 1.54) is 0 Å². The molecule has 0 unspecified atom stereocenters. The van der Waals surface area contributed by atoms with Crippen molar-refractivity contribution in [2.24, 2.45) is 0 Å². The molecule has 1 aromatic heterocycles. The Morgan fingerprint density at radius 1 is 0.931 bits per heavy atom. The molecule has 0 aliphatic carbocycles. The molecule has 29 heavy (non-hydrogen) atoms. The van der Waals surface area contributed by atoms with Gasteiger partial charge in [-0.3, -0.25) is 4.79 Å². The molecule has 4 rings (SSSR count). The maximum atomic E-state index is 13.3. The summed E-state index contributed by atoms with van der Waals surface area (Å²) in [4.78, 5) is 26.1. The zero-order valence-corrected chi connectivity index (χ0v) is 18.0. The Morgan fingerprint density at radius 2 is 1.59 bits per heavy atom. The summed E-state index contributed by atoms with van der Waals surface area (Å²) in [6.07, 6.45) is 0. The third-order valence-electron chi connectivity index (χ3n) is 4.79. The van der Waals surface area contributed by atoms with E-state index in [2.05, 4.69) is 22.6 Å². The number of benzene rings is 3. The predicted octanol–water partition coefficient (Wildman–Crippen LogP) is 5.90. The largest absolute Gasteiger partial charge is 0.452 e. The molecule has 0 radical (unpaired) electrons. The molecule has 1 heterocycles. The number of halogens is 1. The molecule has 144 valence electrons. The lowest BCUT2D eigenvalue weighted by atomic mass is 10.0. The van der Waals surface area contributed by atoms with Crippen molar-refractivity contribution in [2.45, 2.75) is 13.8 Å². The van der Waals surface area contributed by atoms with Crippen LogP contribution in [0.4, 0.5) is 0 Å². The maximum Gasteiger partial charge on any atom is 0.344 e. The van der Waals surface area contributed by atoms with E-state index >= 15 is 0 Å². The molecule has 0 saturated carbocycles. The van der Waals surface area contributed by atoms with Crippen LogP contribution >= 0.6 is 22.6 Å². The second-order valence-corrected chi connectivity index (χ2v) is 7.92. The van der Waals surface area contributed by atoms with Crippen molar-refractivity contribution in [3.8, 4) is 17.1 Å². The fraction of sp³-hybridized carbons (Fsp3) is 0.0833. The van der Waals surface area contributed by atoms with Crippen LogP contribution in [-0.4, -0.2) is 5.97 Å². The van der Waals surface area contributed by atoms with Gasteiger partial charge in [-0.05, 0) is 71.8 Å². The summed E-state index contributed by atoms with van der Waals surface area (Å²) >= 11 is 2.07. The molecular weight excluding hydrogens is 479 g/mol. The molecule has 4 aromatic rings. The maximum absolute atomic E-state index is 13.3. The number of ether oxygens (including phenoxy) is 1. The number of aryl methyl sites for hydroxylation is 2. The summed E-state index contributed by atoms with van der Waals surface area (Å²) < 4.78 is 12.5. The molecule has 0 saturated heterocycles. The molecule has 0 aliphatic heterocycles. The van der Waals surface area contributed by atoms with Crippen molar-refractivity contribution >= 4 is 39.5 Å². The summed E-state index contributed by atoms with van der Waals surface area (Å²) in [6.45, 7) is 3.89. The number of hydrogen-bond acceptors (Lipinski definition) is 4. The quantitative estimate of drug-likeness (QED) is 0.262. The minimum atomic E-state index is -0.595. The molecule has 4 nitrogen and oxygen atoms in total. The first-order valence-corrected chi connectivity index (χ1v) is 10.1. The molecule has 0 aliphatic rings. The highest BCUT2D eigenvalue weighted by atomic mass is 127. The highest BCUT2D eigenvalue weighted by Crippen LogP contribution is 2.32. The van der Waals surface area contributed by atoms with Crippen LogP contribution in [0.3, 0.4) is 0 Å². The van der Waals surface area contributed by atoms with Crippen LogP contribution in [0, 0.1) is 17.4 Å². The summed E-state index contributed by atoms with van der Waals surface area (Å²) in [7, 11) is 0. The third-order valence-corrected chi connectivity index (χ3v) is 5.73. The van der Waals surface area contributed by atoms with Crippen molar-refractivity contribution < 1.29 is 13.9 Å². The van der Waals surface area contributed by atoms with E-state index in [4.69, 9.17) is 9.15 Å². The lowest BCUT2D eigenvalue weighted by molar-refractivity contribution is 0.0730. The third kappa shape index (κ3) is 3.70. The van der Waals surface area contributed by atoms with E-state index in [1.54, 1.807) is 18.2 Å². The first-order valence-electron chi connectivity index (χ1n) is 9.06. The van der Waals surface area contributed by atoms with Gasteiger partial charge in [0.1, 0.15) is 5.58 Å². The Hall–Kier alpha value is -2.93. The van der Waals surface area contributed by atoms with Crippen LogP contribution in [0.25, 0.3) is 22.3 Å².